The van der Waals surface area contributed by atoms with E-state index in [1.54, 1.807) is 12.4 Å². The van der Waals surface area contributed by atoms with Gasteiger partial charge in [0.25, 0.3) is 0 Å². The van der Waals surface area contributed by atoms with E-state index < -0.39 is 5.82 Å². The summed E-state index contributed by atoms with van der Waals surface area (Å²) >= 11 is 0. The highest BCUT2D eigenvalue weighted by atomic mass is 19.1. The first-order chi connectivity index (χ1) is 16.9. The minimum atomic E-state index is -0.390. The van der Waals surface area contributed by atoms with E-state index in [1.807, 2.05) is 19.2 Å². The molecular formula is C27H27FN6O. The fraction of sp³-hybridized carbons (Fsp3) is 0.333. The van der Waals surface area contributed by atoms with E-state index in [0.29, 0.717) is 16.9 Å². The van der Waals surface area contributed by atoms with Crippen molar-refractivity contribution in [2.24, 2.45) is 0 Å². The minimum absolute atomic E-state index is 0.149. The molecule has 2 aliphatic rings. The predicted octanol–water partition coefficient (Wildman–Crippen LogP) is 4.80. The summed E-state index contributed by atoms with van der Waals surface area (Å²) in [6, 6.07) is 7.70. The first-order valence-corrected chi connectivity index (χ1v) is 11.9. The van der Waals surface area contributed by atoms with Crippen molar-refractivity contribution in [1.29, 1.82) is 0 Å². The van der Waals surface area contributed by atoms with Gasteiger partial charge in [0.1, 0.15) is 5.82 Å². The van der Waals surface area contributed by atoms with Crippen molar-refractivity contribution in [3.63, 3.8) is 0 Å². The van der Waals surface area contributed by atoms with E-state index in [1.165, 1.54) is 12.3 Å². The molecule has 0 spiro atoms. The predicted molar refractivity (Wildman–Crippen MR) is 135 cm³/mol. The number of aromatic nitrogens is 4. The lowest BCUT2D eigenvalue weighted by atomic mass is 9.91. The molecule has 1 fully saturated rings. The molecular weight excluding hydrogens is 443 g/mol. The Hall–Kier alpha value is -3.65. The fourth-order valence-electron chi connectivity index (χ4n) is 5.26. The second-order valence-electron chi connectivity index (χ2n) is 9.83. The average molecular weight is 471 g/mol. The maximum absolute atomic E-state index is 14.1. The van der Waals surface area contributed by atoms with Crippen LogP contribution in [0.4, 0.5) is 21.5 Å². The number of fused-ring (bicyclic) bond motifs is 2. The van der Waals surface area contributed by atoms with E-state index >= 15 is 0 Å². The summed E-state index contributed by atoms with van der Waals surface area (Å²) in [5, 5.41) is 0.957. The summed E-state index contributed by atoms with van der Waals surface area (Å²) < 4.78 is 19.6. The van der Waals surface area contributed by atoms with Gasteiger partial charge in [-0.15, -0.1) is 0 Å². The number of ether oxygens (including phenoxy) is 1. The Balaban J connectivity index is 1.57. The number of hydrogen-bond acceptors (Lipinski definition) is 7. The number of halogens is 1. The van der Waals surface area contributed by atoms with Gasteiger partial charge in [-0.25, -0.2) is 14.4 Å². The lowest BCUT2D eigenvalue weighted by Crippen LogP contribution is -2.36. The van der Waals surface area contributed by atoms with Crippen LogP contribution in [0.25, 0.3) is 22.3 Å². The Morgan fingerprint density at radius 3 is 2.69 bits per heavy atom. The molecule has 0 radical (unpaired) electrons. The molecule has 0 bridgehead atoms. The summed E-state index contributed by atoms with van der Waals surface area (Å²) in [6.45, 7) is 10.4. The van der Waals surface area contributed by atoms with Crippen LogP contribution in [0.2, 0.25) is 0 Å². The molecule has 0 aromatic carbocycles. The van der Waals surface area contributed by atoms with E-state index in [2.05, 4.69) is 45.7 Å². The molecule has 0 aliphatic carbocycles. The first-order valence-electron chi connectivity index (χ1n) is 11.9. The van der Waals surface area contributed by atoms with E-state index in [0.717, 1.165) is 66.6 Å². The second kappa shape index (κ2) is 8.23. The minimum Gasteiger partial charge on any atom is -0.378 e. The lowest BCUT2D eigenvalue weighted by molar-refractivity contribution is 0.122. The number of hydrogen-bond donors (Lipinski definition) is 0. The lowest BCUT2D eigenvalue weighted by Gasteiger charge is -2.30. The Morgan fingerprint density at radius 1 is 1.06 bits per heavy atom. The van der Waals surface area contributed by atoms with Crippen molar-refractivity contribution in [1.82, 2.24) is 19.9 Å². The molecule has 1 saturated heterocycles. The summed E-state index contributed by atoms with van der Waals surface area (Å²) in [5.41, 5.74) is 7.02. The molecule has 0 atom stereocenters. The standard InChI is InChI=1S/C27H27FN6O/c1-17-23(18-11-19(28)14-29-13-18)32-26-21(5-4-6-30-26)24(17)34-16-27(2,3)25-22(34)12-20(15-31-25)33-7-9-35-10-8-33/h4-6,11-15H,7-10,16H2,1-3H3. The van der Waals surface area contributed by atoms with Gasteiger partial charge in [-0.1, -0.05) is 13.8 Å². The maximum Gasteiger partial charge on any atom is 0.161 e. The number of nitrogens with zero attached hydrogens (tertiary/aromatic N) is 6. The summed E-state index contributed by atoms with van der Waals surface area (Å²) in [7, 11) is 0. The largest absolute Gasteiger partial charge is 0.378 e. The first kappa shape index (κ1) is 21.9. The van der Waals surface area contributed by atoms with Gasteiger partial charge in [0.15, 0.2) is 5.65 Å². The quantitative estimate of drug-likeness (QED) is 0.426. The Kier molecular flexibility index (Phi) is 5.14. The van der Waals surface area contributed by atoms with Crippen molar-refractivity contribution < 1.29 is 9.13 Å². The molecule has 8 heteroatoms. The van der Waals surface area contributed by atoms with Gasteiger partial charge in [-0.2, -0.15) is 0 Å². The zero-order valence-corrected chi connectivity index (χ0v) is 20.1. The molecule has 6 heterocycles. The SMILES string of the molecule is Cc1c(-c2cncc(F)c2)nc2ncccc2c1N1CC(C)(C)c2ncc(N3CCOCC3)cc21. The molecule has 7 nitrogen and oxygen atoms in total. The van der Waals surface area contributed by atoms with Crippen LogP contribution in [0.15, 0.2) is 49.1 Å². The smallest absolute Gasteiger partial charge is 0.161 e. The Labute approximate surface area is 203 Å². The highest BCUT2D eigenvalue weighted by Crippen LogP contribution is 2.48. The van der Waals surface area contributed by atoms with Gasteiger partial charge in [0.05, 0.1) is 54.1 Å². The molecule has 35 heavy (non-hydrogen) atoms. The number of pyridine rings is 4. The molecule has 0 N–H and O–H groups in total. The zero-order valence-electron chi connectivity index (χ0n) is 20.1. The third-order valence-electron chi connectivity index (χ3n) is 6.93. The van der Waals surface area contributed by atoms with Gasteiger partial charge in [-0.05, 0) is 36.8 Å². The molecule has 4 aromatic heterocycles. The molecule has 0 saturated carbocycles. The molecule has 4 aromatic rings. The number of rotatable bonds is 3. The topological polar surface area (TPSA) is 67.3 Å². The highest BCUT2D eigenvalue weighted by Gasteiger charge is 2.39. The van der Waals surface area contributed by atoms with Crippen LogP contribution in [0.5, 0.6) is 0 Å². The normalized spacial score (nSPS) is 17.1. The van der Waals surface area contributed by atoms with Gasteiger partial charge < -0.3 is 14.5 Å². The highest BCUT2D eigenvalue weighted by molar-refractivity contribution is 5.98. The average Bonchev–Trinajstić information content (AvgIpc) is 3.14. The van der Waals surface area contributed by atoms with Crippen LogP contribution in [0.3, 0.4) is 0 Å². The zero-order chi connectivity index (χ0) is 24.2. The summed E-state index contributed by atoms with van der Waals surface area (Å²) in [4.78, 5) is 23.0. The third kappa shape index (κ3) is 3.69. The van der Waals surface area contributed by atoms with E-state index in [9.17, 15) is 4.39 Å². The number of anilines is 3. The Bertz CT molecular complexity index is 1430. The summed E-state index contributed by atoms with van der Waals surface area (Å²) in [6.07, 6.45) is 6.58. The number of morpholine rings is 1. The van der Waals surface area contributed by atoms with E-state index in [4.69, 9.17) is 14.7 Å². The van der Waals surface area contributed by atoms with Crippen molar-refractivity contribution >= 4 is 28.1 Å². The van der Waals surface area contributed by atoms with Crippen molar-refractivity contribution in [2.75, 3.05) is 42.6 Å². The van der Waals surface area contributed by atoms with Gasteiger partial charge in [0, 0.05) is 48.4 Å². The van der Waals surface area contributed by atoms with Crippen molar-refractivity contribution in [3.05, 3.63) is 66.1 Å². The van der Waals surface area contributed by atoms with Crippen LogP contribution in [-0.4, -0.2) is 52.8 Å². The Morgan fingerprint density at radius 2 is 1.89 bits per heavy atom. The van der Waals surface area contributed by atoms with Gasteiger partial charge in [-0.3, -0.25) is 9.97 Å². The fourth-order valence-corrected chi connectivity index (χ4v) is 5.26. The summed E-state index contributed by atoms with van der Waals surface area (Å²) in [5.74, 6) is -0.390. The van der Waals surface area contributed by atoms with Gasteiger partial charge in [0.2, 0.25) is 0 Å². The van der Waals surface area contributed by atoms with Crippen LogP contribution in [0.1, 0.15) is 25.1 Å². The van der Waals surface area contributed by atoms with Gasteiger partial charge >= 0.3 is 0 Å². The van der Waals surface area contributed by atoms with Crippen LogP contribution < -0.4 is 9.80 Å². The molecule has 0 unspecified atom stereocenters. The third-order valence-corrected chi connectivity index (χ3v) is 6.93. The second-order valence-corrected chi connectivity index (χ2v) is 9.83. The van der Waals surface area contributed by atoms with Crippen LogP contribution in [0, 0.1) is 12.7 Å². The maximum atomic E-state index is 14.1. The van der Waals surface area contributed by atoms with Crippen LogP contribution in [-0.2, 0) is 10.2 Å². The van der Waals surface area contributed by atoms with Crippen molar-refractivity contribution in [2.45, 2.75) is 26.2 Å². The molecule has 2 aliphatic heterocycles. The van der Waals surface area contributed by atoms with E-state index in [-0.39, 0.29) is 5.41 Å². The molecule has 6 rings (SSSR count). The molecule has 0 amide bonds. The monoisotopic (exact) mass is 470 g/mol. The van der Waals surface area contributed by atoms with Crippen molar-refractivity contribution in [3.8, 4) is 11.3 Å². The van der Waals surface area contributed by atoms with Crippen LogP contribution >= 0.6 is 0 Å². The molecule has 178 valence electrons.